The Morgan fingerprint density at radius 3 is 2.25 bits per heavy atom. The number of ether oxygens (including phenoxy) is 4. The molecule has 0 fully saturated rings. The van der Waals surface area contributed by atoms with Crippen molar-refractivity contribution in [2.75, 3.05) is 21.3 Å². The predicted octanol–water partition coefficient (Wildman–Crippen LogP) is 3.94. The van der Waals surface area contributed by atoms with E-state index in [1.54, 1.807) is 31.2 Å². The van der Waals surface area contributed by atoms with E-state index < -0.39 is 12.0 Å². The minimum atomic E-state index is -0.830. The van der Waals surface area contributed by atoms with Gasteiger partial charge < -0.3 is 18.9 Å². The highest BCUT2D eigenvalue weighted by Gasteiger charge is 2.16. The summed E-state index contributed by atoms with van der Waals surface area (Å²) >= 11 is 11.9. The molecule has 0 aliphatic rings. The lowest BCUT2D eigenvalue weighted by Crippen LogP contribution is -2.33. The summed E-state index contributed by atoms with van der Waals surface area (Å²) in [6.45, 7) is 1.58. The second kappa shape index (κ2) is 10.1. The van der Waals surface area contributed by atoms with Gasteiger partial charge in [0.25, 0.3) is 5.91 Å². The summed E-state index contributed by atoms with van der Waals surface area (Å²) in [4.78, 5) is 12.2. The van der Waals surface area contributed by atoms with Crippen LogP contribution in [-0.2, 0) is 4.79 Å². The summed E-state index contributed by atoms with van der Waals surface area (Å²) in [5, 5.41) is 4.73. The zero-order valence-corrected chi connectivity index (χ0v) is 17.3. The van der Waals surface area contributed by atoms with E-state index in [1.807, 2.05) is 0 Å². The number of nitrogens with zero attached hydrogens (tertiary/aromatic N) is 1. The molecule has 0 aromatic heterocycles. The Morgan fingerprint density at radius 2 is 1.64 bits per heavy atom. The fourth-order valence-corrected chi connectivity index (χ4v) is 2.68. The van der Waals surface area contributed by atoms with Crippen LogP contribution in [-0.4, -0.2) is 39.6 Å². The minimum absolute atomic E-state index is 0.311. The van der Waals surface area contributed by atoms with E-state index in [2.05, 4.69) is 10.5 Å². The van der Waals surface area contributed by atoms with Gasteiger partial charge in [-0.3, -0.25) is 4.79 Å². The summed E-state index contributed by atoms with van der Waals surface area (Å²) in [5.41, 5.74) is 3.00. The molecule has 2 aromatic carbocycles. The Kier molecular flexibility index (Phi) is 7.78. The number of amides is 1. The average Bonchev–Trinajstić information content (AvgIpc) is 2.69. The lowest BCUT2D eigenvalue weighted by atomic mass is 10.2. The van der Waals surface area contributed by atoms with Crippen LogP contribution >= 0.6 is 23.2 Å². The smallest absolute Gasteiger partial charge is 0.280 e. The van der Waals surface area contributed by atoms with Crippen molar-refractivity contribution in [3.05, 3.63) is 45.9 Å². The number of halogens is 2. The van der Waals surface area contributed by atoms with Crippen LogP contribution in [0.2, 0.25) is 10.0 Å². The molecule has 150 valence electrons. The molecule has 1 amide bonds. The predicted molar refractivity (Wildman–Crippen MR) is 108 cm³/mol. The van der Waals surface area contributed by atoms with E-state index in [-0.39, 0.29) is 0 Å². The Hall–Kier alpha value is -2.64. The van der Waals surface area contributed by atoms with Gasteiger partial charge in [-0.25, -0.2) is 5.43 Å². The van der Waals surface area contributed by atoms with Crippen molar-refractivity contribution in [2.24, 2.45) is 5.10 Å². The first-order valence-electron chi connectivity index (χ1n) is 8.14. The zero-order valence-electron chi connectivity index (χ0n) is 15.8. The molecule has 0 aliphatic heterocycles. The highest BCUT2D eigenvalue weighted by atomic mass is 35.5. The number of hydrazone groups is 1. The van der Waals surface area contributed by atoms with Crippen LogP contribution in [0.3, 0.4) is 0 Å². The molecule has 0 radical (unpaired) electrons. The number of rotatable bonds is 8. The Labute approximate surface area is 173 Å². The van der Waals surface area contributed by atoms with Crippen LogP contribution in [0.5, 0.6) is 23.0 Å². The summed E-state index contributed by atoms with van der Waals surface area (Å²) in [7, 11) is 4.57. The van der Waals surface area contributed by atoms with Gasteiger partial charge in [0.05, 0.1) is 32.6 Å². The highest BCUT2D eigenvalue weighted by molar-refractivity contribution is 6.35. The summed E-state index contributed by atoms with van der Waals surface area (Å²) in [6.07, 6.45) is 0.601. The second-order valence-corrected chi connectivity index (χ2v) is 6.36. The number of nitrogens with one attached hydrogen (secondary N) is 1. The largest absolute Gasteiger partial charge is 0.496 e. The molecule has 0 saturated carbocycles. The van der Waals surface area contributed by atoms with E-state index in [9.17, 15) is 4.79 Å². The van der Waals surface area contributed by atoms with Crippen LogP contribution in [0.25, 0.3) is 0 Å². The van der Waals surface area contributed by atoms with Crippen molar-refractivity contribution >= 4 is 35.3 Å². The van der Waals surface area contributed by atoms with E-state index in [0.29, 0.717) is 38.6 Å². The van der Waals surface area contributed by atoms with Crippen molar-refractivity contribution < 1.29 is 23.7 Å². The molecule has 0 heterocycles. The van der Waals surface area contributed by atoms with Gasteiger partial charge in [-0.1, -0.05) is 23.2 Å². The van der Waals surface area contributed by atoms with Gasteiger partial charge in [0, 0.05) is 16.7 Å². The molecular weight excluding hydrogens is 407 g/mol. The van der Waals surface area contributed by atoms with Crippen LogP contribution in [0.15, 0.2) is 35.4 Å². The van der Waals surface area contributed by atoms with Gasteiger partial charge in [0.2, 0.25) is 0 Å². The minimum Gasteiger partial charge on any atom is -0.496 e. The van der Waals surface area contributed by atoms with Gasteiger partial charge in [0.1, 0.15) is 11.5 Å². The molecule has 7 nitrogen and oxygen atoms in total. The van der Waals surface area contributed by atoms with Crippen molar-refractivity contribution in [3.63, 3.8) is 0 Å². The molecule has 0 bridgehead atoms. The van der Waals surface area contributed by atoms with Gasteiger partial charge >= 0.3 is 0 Å². The van der Waals surface area contributed by atoms with Crippen molar-refractivity contribution in [1.29, 1.82) is 0 Å². The van der Waals surface area contributed by atoms with Gasteiger partial charge in [-0.05, 0) is 31.2 Å². The number of carbonyl (C=O) groups excluding carboxylic acids is 1. The lowest BCUT2D eigenvalue weighted by Gasteiger charge is -2.14. The third-order valence-corrected chi connectivity index (χ3v) is 4.21. The normalized spacial score (nSPS) is 11.8. The highest BCUT2D eigenvalue weighted by Crippen LogP contribution is 2.33. The first kappa shape index (κ1) is 21.7. The van der Waals surface area contributed by atoms with Gasteiger partial charge in [-0.15, -0.1) is 0 Å². The van der Waals surface area contributed by atoms with Crippen molar-refractivity contribution in [3.8, 4) is 23.0 Å². The molecule has 0 aliphatic carbocycles. The van der Waals surface area contributed by atoms with Crippen molar-refractivity contribution in [1.82, 2.24) is 5.43 Å². The SMILES string of the molecule is COc1cc(OC)c(OC)cc1/C=N\NC(=O)[C@@H](C)Oc1ccc(Cl)cc1Cl. The molecule has 2 rings (SSSR count). The molecule has 1 atom stereocenters. The fraction of sp³-hybridized carbons (Fsp3) is 0.263. The average molecular weight is 427 g/mol. The quantitative estimate of drug-likeness (QED) is 0.510. The third-order valence-electron chi connectivity index (χ3n) is 3.68. The summed E-state index contributed by atoms with van der Waals surface area (Å²) in [5.74, 6) is 1.42. The molecule has 9 heteroatoms. The van der Waals surface area contributed by atoms with Gasteiger partial charge in [-0.2, -0.15) is 5.10 Å². The standard InChI is InChI=1S/C19H20Cl2N2O5/c1-11(28-15-6-5-13(20)8-14(15)21)19(24)23-22-10-12-7-17(26-3)18(27-4)9-16(12)25-2/h5-11H,1-4H3,(H,23,24)/b22-10-/t11-/m1/s1. The molecule has 0 unspecified atom stereocenters. The van der Waals surface area contributed by atoms with Crippen LogP contribution < -0.4 is 24.4 Å². The third kappa shape index (κ3) is 5.43. The first-order chi connectivity index (χ1) is 13.4. The van der Waals surface area contributed by atoms with E-state index >= 15 is 0 Å². The van der Waals surface area contributed by atoms with E-state index in [0.717, 1.165) is 0 Å². The Morgan fingerprint density at radius 1 is 1.00 bits per heavy atom. The number of benzene rings is 2. The molecular formula is C19H20Cl2N2O5. The zero-order chi connectivity index (χ0) is 20.7. The topological polar surface area (TPSA) is 78.4 Å². The molecule has 0 saturated heterocycles. The van der Waals surface area contributed by atoms with Crippen molar-refractivity contribution in [2.45, 2.75) is 13.0 Å². The molecule has 1 N–H and O–H groups in total. The number of hydrogen-bond donors (Lipinski definition) is 1. The molecule has 0 spiro atoms. The Bertz CT molecular complexity index is 874. The van der Waals surface area contributed by atoms with E-state index in [1.165, 1.54) is 33.6 Å². The first-order valence-corrected chi connectivity index (χ1v) is 8.89. The maximum Gasteiger partial charge on any atom is 0.280 e. The fourth-order valence-electron chi connectivity index (χ4n) is 2.22. The maximum atomic E-state index is 12.2. The van der Waals surface area contributed by atoms with Gasteiger partial charge in [0.15, 0.2) is 17.6 Å². The van der Waals surface area contributed by atoms with Crippen LogP contribution in [0.1, 0.15) is 12.5 Å². The Balaban J connectivity index is 2.06. The number of methoxy groups -OCH3 is 3. The second-order valence-electron chi connectivity index (χ2n) is 5.52. The molecule has 28 heavy (non-hydrogen) atoms. The number of carbonyl (C=O) groups is 1. The molecule has 2 aromatic rings. The summed E-state index contributed by atoms with van der Waals surface area (Å²) < 4.78 is 21.3. The van der Waals surface area contributed by atoms with E-state index in [4.69, 9.17) is 42.1 Å². The number of hydrogen-bond acceptors (Lipinski definition) is 6. The maximum absolute atomic E-state index is 12.2. The van der Waals surface area contributed by atoms with Crippen LogP contribution in [0, 0.1) is 0 Å². The lowest BCUT2D eigenvalue weighted by molar-refractivity contribution is -0.127. The van der Waals surface area contributed by atoms with Crippen LogP contribution in [0.4, 0.5) is 0 Å². The summed E-state index contributed by atoms with van der Waals surface area (Å²) in [6, 6.07) is 8.09. The monoisotopic (exact) mass is 426 g/mol.